The van der Waals surface area contributed by atoms with Gasteiger partial charge in [-0.2, -0.15) is 5.26 Å². The average molecular weight is 364 g/mol. The largest absolute Gasteiger partial charge is 0.494 e. The van der Waals surface area contributed by atoms with Gasteiger partial charge in [0.05, 0.1) is 12.6 Å². The number of amides is 1. The van der Waals surface area contributed by atoms with Gasteiger partial charge in [-0.3, -0.25) is 4.79 Å². The van der Waals surface area contributed by atoms with Crippen molar-refractivity contribution in [3.8, 4) is 11.8 Å². The molecule has 1 atom stereocenters. The molecular formula is C21H24N4O2. The molecule has 1 heterocycles. The van der Waals surface area contributed by atoms with Crippen LogP contribution >= 0.6 is 0 Å². The van der Waals surface area contributed by atoms with Crippen LogP contribution < -0.4 is 15.4 Å². The number of aromatic nitrogens is 1. The van der Waals surface area contributed by atoms with Crippen LogP contribution in [0.25, 0.3) is 0 Å². The third-order valence-corrected chi connectivity index (χ3v) is 3.92. The number of anilines is 1. The summed E-state index contributed by atoms with van der Waals surface area (Å²) in [5.41, 5.74) is 2.93. The van der Waals surface area contributed by atoms with Crippen LogP contribution in [-0.4, -0.2) is 17.5 Å². The molecule has 0 radical (unpaired) electrons. The number of benzene rings is 1. The molecule has 27 heavy (non-hydrogen) atoms. The minimum Gasteiger partial charge on any atom is -0.494 e. The van der Waals surface area contributed by atoms with Crippen LogP contribution in [0.1, 0.15) is 36.6 Å². The van der Waals surface area contributed by atoms with E-state index in [1.54, 1.807) is 12.3 Å². The minimum atomic E-state index is -0.464. The van der Waals surface area contributed by atoms with Crippen LogP contribution in [0, 0.1) is 25.2 Å². The maximum atomic E-state index is 12.5. The second-order valence-electron chi connectivity index (χ2n) is 6.20. The number of hydrogen-bond donors (Lipinski definition) is 2. The third-order valence-electron chi connectivity index (χ3n) is 3.92. The Morgan fingerprint density at radius 1 is 1.30 bits per heavy atom. The van der Waals surface area contributed by atoms with Crippen LogP contribution in [0.15, 0.2) is 48.3 Å². The summed E-state index contributed by atoms with van der Waals surface area (Å²) in [5.74, 6) is 0.820. The molecule has 1 aromatic heterocycles. The van der Waals surface area contributed by atoms with Crippen molar-refractivity contribution >= 4 is 11.7 Å². The van der Waals surface area contributed by atoms with Crippen molar-refractivity contribution in [2.75, 3.05) is 11.9 Å². The van der Waals surface area contributed by atoms with E-state index in [1.807, 2.05) is 58.0 Å². The molecule has 2 rings (SSSR count). The fourth-order valence-electron chi connectivity index (χ4n) is 2.49. The lowest BCUT2D eigenvalue weighted by Gasteiger charge is -2.18. The van der Waals surface area contributed by atoms with E-state index in [0.29, 0.717) is 12.4 Å². The molecule has 0 fully saturated rings. The molecule has 0 saturated carbocycles. The highest BCUT2D eigenvalue weighted by molar-refractivity contribution is 5.97. The van der Waals surface area contributed by atoms with E-state index in [2.05, 4.69) is 15.6 Å². The molecule has 0 bridgehead atoms. The number of rotatable bonds is 7. The molecule has 6 nitrogen and oxygen atoms in total. The predicted molar refractivity (Wildman–Crippen MR) is 105 cm³/mol. The van der Waals surface area contributed by atoms with Crippen LogP contribution in [0.2, 0.25) is 0 Å². The monoisotopic (exact) mass is 364 g/mol. The highest BCUT2D eigenvalue weighted by atomic mass is 16.5. The Balaban J connectivity index is 2.12. The van der Waals surface area contributed by atoms with E-state index in [1.165, 1.54) is 6.20 Å². The minimum absolute atomic E-state index is 0.0326. The Kier molecular flexibility index (Phi) is 6.95. The van der Waals surface area contributed by atoms with Crippen molar-refractivity contribution in [1.29, 1.82) is 5.26 Å². The van der Waals surface area contributed by atoms with Crippen molar-refractivity contribution in [3.63, 3.8) is 0 Å². The summed E-state index contributed by atoms with van der Waals surface area (Å²) in [5, 5.41) is 15.0. The van der Waals surface area contributed by atoms with Crippen LogP contribution in [0.3, 0.4) is 0 Å². The maximum Gasteiger partial charge on any atom is 0.263 e. The molecule has 1 unspecified atom stereocenters. The Morgan fingerprint density at radius 3 is 2.67 bits per heavy atom. The first-order chi connectivity index (χ1) is 12.9. The SMILES string of the molecule is CCOc1ccc(C)cc1C(C)NC(=O)/C(C#N)=C\Nc1ccc(C)cn1. The van der Waals surface area contributed by atoms with Gasteiger partial charge >= 0.3 is 0 Å². The fourth-order valence-corrected chi connectivity index (χ4v) is 2.49. The summed E-state index contributed by atoms with van der Waals surface area (Å²) in [4.78, 5) is 16.7. The first-order valence-electron chi connectivity index (χ1n) is 8.78. The Morgan fingerprint density at radius 2 is 2.04 bits per heavy atom. The number of ether oxygens (including phenoxy) is 1. The van der Waals surface area contributed by atoms with Crippen molar-refractivity contribution < 1.29 is 9.53 Å². The molecule has 0 spiro atoms. The standard InChI is InChI=1S/C21H24N4O2/c1-5-27-19-8-6-14(2)10-18(19)16(4)25-21(26)17(11-22)13-24-20-9-7-15(3)12-23-20/h6-10,12-13,16H,5H2,1-4H3,(H,23,24)(H,25,26)/b17-13-. The van der Waals surface area contributed by atoms with Crippen LogP contribution in [0.5, 0.6) is 5.75 Å². The second kappa shape index (κ2) is 9.39. The van der Waals surface area contributed by atoms with Crippen molar-refractivity contribution in [2.24, 2.45) is 0 Å². The van der Waals surface area contributed by atoms with Crippen molar-refractivity contribution in [3.05, 3.63) is 65.0 Å². The second-order valence-corrected chi connectivity index (χ2v) is 6.20. The molecule has 6 heteroatoms. The number of nitrogens with one attached hydrogen (secondary N) is 2. The molecule has 1 amide bonds. The topological polar surface area (TPSA) is 87.0 Å². The zero-order chi connectivity index (χ0) is 19.8. The zero-order valence-corrected chi connectivity index (χ0v) is 16.0. The van der Waals surface area contributed by atoms with Crippen LogP contribution in [-0.2, 0) is 4.79 Å². The van der Waals surface area contributed by atoms with E-state index in [4.69, 9.17) is 4.74 Å². The normalized spacial score (nSPS) is 12.0. The van der Waals surface area contributed by atoms with Gasteiger partial charge in [-0.05, 0) is 45.4 Å². The van der Waals surface area contributed by atoms with Gasteiger partial charge < -0.3 is 15.4 Å². The summed E-state index contributed by atoms with van der Waals surface area (Å²) in [6.07, 6.45) is 3.07. The first-order valence-corrected chi connectivity index (χ1v) is 8.78. The van der Waals surface area contributed by atoms with E-state index in [0.717, 1.165) is 22.4 Å². The number of aryl methyl sites for hydroxylation is 2. The highest BCUT2D eigenvalue weighted by Gasteiger charge is 2.17. The fraction of sp³-hybridized carbons (Fsp3) is 0.286. The average Bonchev–Trinajstić information content (AvgIpc) is 2.65. The number of pyridine rings is 1. The van der Waals surface area contributed by atoms with Gasteiger partial charge in [0.1, 0.15) is 23.2 Å². The quantitative estimate of drug-likeness (QED) is 0.576. The molecule has 0 aliphatic carbocycles. The summed E-state index contributed by atoms with van der Waals surface area (Å²) in [6, 6.07) is 11.1. The molecule has 1 aromatic carbocycles. The van der Waals surface area contributed by atoms with Gasteiger partial charge in [0, 0.05) is 18.0 Å². The van der Waals surface area contributed by atoms with Gasteiger partial charge in [0.25, 0.3) is 5.91 Å². The van der Waals surface area contributed by atoms with Crippen molar-refractivity contribution in [2.45, 2.75) is 33.7 Å². The molecule has 0 aliphatic heterocycles. The summed E-state index contributed by atoms with van der Waals surface area (Å²) in [7, 11) is 0. The van der Waals surface area contributed by atoms with Gasteiger partial charge in [0.15, 0.2) is 0 Å². The van der Waals surface area contributed by atoms with Gasteiger partial charge in [-0.25, -0.2) is 4.98 Å². The van der Waals surface area contributed by atoms with Gasteiger partial charge in [-0.1, -0.05) is 23.8 Å². The third kappa shape index (κ3) is 5.58. The van der Waals surface area contributed by atoms with E-state index in [-0.39, 0.29) is 11.6 Å². The van der Waals surface area contributed by atoms with Crippen LogP contribution in [0.4, 0.5) is 5.82 Å². The van der Waals surface area contributed by atoms with E-state index >= 15 is 0 Å². The lowest BCUT2D eigenvalue weighted by Crippen LogP contribution is -2.28. The maximum absolute atomic E-state index is 12.5. The molecule has 0 aliphatic rings. The predicted octanol–water partition coefficient (Wildman–Crippen LogP) is 3.79. The number of nitriles is 1. The molecule has 2 N–H and O–H groups in total. The summed E-state index contributed by atoms with van der Waals surface area (Å²) >= 11 is 0. The lowest BCUT2D eigenvalue weighted by molar-refractivity contribution is -0.117. The number of nitrogens with zero attached hydrogens (tertiary/aromatic N) is 2. The Hall–Kier alpha value is -3.33. The van der Waals surface area contributed by atoms with Gasteiger partial charge in [-0.15, -0.1) is 0 Å². The first kappa shape index (κ1) is 20.0. The Labute approximate surface area is 159 Å². The molecule has 140 valence electrons. The molecule has 0 saturated heterocycles. The van der Waals surface area contributed by atoms with E-state index in [9.17, 15) is 10.1 Å². The summed E-state index contributed by atoms with van der Waals surface area (Å²) in [6.45, 7) is 8.22. The number of carbonyl (C=O) groups is 1. The lowest BCUT2D eigenvalue weighted by atomic mass is 10.0. The highest BCUT2D eigenvalue weighted by Crippen LogP contribution is 2.26. The zero-order valence-electron chi connectivity index (χ0n) is 16.0. The Bertz CT molecular complexity index is 867. The van der Waals surface area contributed by atoms with Crippen molar-refractivity contribution in [1.82, 2.24) is 10.3 Å². The number of carbonyl (C=O) groups excluding carboxylic acids is 1. The summed E-state index contributed by atoms with van der Waals surface area (Å²) < 4.78 is 5.64. The molecular weight excluding hydrogens is 340 g/mol. The molecule has 2 aromatic rings. The number of hydrogen-bond acceptors (Lipinski definition) is 5. The van der Waals surface area contributed by atoms with Gasteiger partial charge in [0.2, 0.25) is 0 Å². The smallest absolute Gasteiger partial charge is 0.263 e. The van der Waals surface area contributed by atoms with E-state index < -0.39 is 5.91 Å².